The van der Waals surface area contributed by atoms with Crippen molar-refractivity contribution in [2.45, 2.75) is 85.6 Å². The predicted octanol–water partition coefficient (Wildman–Crippen LogP) is 19.6. The van der Waals surface area contributed by atoms with E-state index < -0.39 is 66.6 Å². The van der Waals surface area contributed by atoms with Crippen LogP contribution in [0.1, 0.15) is 132 Å². The van der Waals surface area contributed by atoms with Gasteiger partial charge in [-0.3, -0.25) is 52.8 Å². The summed E-state index contributed by atoms with van der Waals surface area (Å²) < 4.78 is 111. The minimum Gasteiger partial charge on any atom is -0.482 e. The standard InChI is InChI=1S/2C38H29F2N3O3.C22H21N3O3.C16H10Cl2F2/c2*39-32-16-15-31-29(34(32)40)22-28-21-27-13-7-8-14-30(27)38(28,31)43-24-41(19-17-25-9-3-1-4-10-25)37(45)35-36(33(44)18-20-42(35)43)46-23-26-11-5-2-6-12-26;26-19-12-14-25-20(21(19)28-15-18-9-5-2-6-10-18)22(27)24(16-23-25)13-11-17-7-3-1-4-8-17;17-15-7-9-3-1-2-4-11(9)16(15,18)12-5-6-13(19)14(20)10(12)8-15/h1-16,18,20,22H,17,19,21,23-24H2;1-16,18,20-21H,17,19,22-24H2;1-10,12,14,23H,11,13,15-16H2;1-6H,7-8H2. The maximum Gasteiger partial charge on any atom is 0.277 e. The molecular weight excluding hydrogens is 1820 g/mol. The number of hydrogen-bond donors (Lipinski definition) is 1. The fourth-order valence-electron chi connectivity index (χ4n) is 21.2. The van der Waals surface area contributed by atoms with Crippen LogP contribution in [0.15, 0.2) is 354 Å². The Balaban J connectivity index is 0.000000116. The third kappa shape index (κ3) is 15.8. The molecular formula is C114H89Cl2F6N9O9. The first-order valence-electron chi connectivity index (χ1n) is 46.2. The molecule has 24 rings (SSSR count). The predicted molar refractivity (Wildman–Crippen MR) is 524 cm³/mol. The highest BCUT2D eigenvalue weighted by molar-refractivity contribution is 6.38. The zero-order valence-corrected chi connectivity index (χ0v) is 76.9. The van der Waals surface area contributed by atoms with Crippen molar-refractivity contribution in [3.8, 4) is 17.2 Å². The molecule has 18 nitrogen and oxygen atoms in total. The molecule has 0 saturated carbocycles. The highest BCUT2D eigenvalue weighted by Gasteiger charge is 2.63. The molecule has 0 spiro atoms. The molecule has 700 valence electrons. The van der Waals surface area contributed by atoms with Gasteiger partial charge < -0.3 is 34.3 Å². The van der Waals surface area contributed by atoms with E-state index in [2.05, 4.69) is 5.43 Å². The highest BCUT2D eigenvalue weighted by atomic mass is 35.5. The number of benzene rings is 12. The molecule has 4 unspecified atom stereocenters. The molecule has 4 atom stereocenters. The molecule has 3 amide bonds. The number of carbonyl (C=O) groups excluding carboxylic acids is 3. The fraction of sp³-hybridized carbons (Fsp3) is 0.175. The second kappa shape index (κ2) is 37.3. The van der Waals surface area contributed by atoms with Crippen LogP contribution in [0, 0.1) is 34.9 Å². The van der Waals surface area contributed by atoms with Gasteiger partial charge in [0.05, 0.1) is 4.87 Å². The van der Waals surface area contributed by atoms with E-state index in [1.54, 1.807) is 71.6 Å². The van der Waals surface area contributed by atoms with Crippen LogP contribution in [0.2, 0.25) is 0 Å². The average Bonchev–Trinajstić information content (AvgIpc) is 1.40. The van der Waals surface area contributed by atoms with E-state index in [0.29, 0.717) is 74.2 Å². The Morgan fingerprint density at radius 1 is 0.336 bits per heavy atom. The summed E-state index contributed by atoms with van der Waals surface area (Å²) >= 11 is 13.6. The van der Waals surface area contributed by atoms with Gasteiger partial charge in [-0.25, -0.2) is 26.3 Å². The summed E-state index contributed by atoms with van der Waals surface area (Å²) in [5.74, 6) is -6.20. The van der Waals surface area contributed by atoms with Crippen LogP contribution in [0.4, 0.5) is 26.3 Å². The highest BCUT2D eigenvalue weighted by Crippen LogP contribution is 2.64. The smallest absolute Gasteiger partial charge is 0.277 e. The molecule has 3 aliphatic heterocycles. The normalized spacial score (nSPS) is 18.5. The van der Waals surface area contributed by atoms with Crippen molar-refractivity contribution in [3.63, 3.8) is 0 Å². The van der Waals surface area contributed by atoms with Gasteiger partial charge in [-0.2, -0.15) is 0 Å². The number of aromatic nitrogens is 3. The number of nitrogens with one attached hydrogen (secondary N) is 1. The molecule has 140 heavy (non-hydrogen) atoms. The first kappa shape index (κ1) is 90.8. The van der Waals surface area contributed by atoms with Crippen LogP contribution in [0.5, 0.6) is 17.2 Å². The Hall–Kier alpha value is -15.7. The maximum atomic E-state index is 15.5. The first-order chi connectivity index (χ1) is 68.1. The molecule has 6 aliphatic carbocycles. The van der Waals surface area contributed by atoms with Crippen LogP contribution >= 0.6 is 23.2 Å². The molecule has 0 radical (unpaired) electrons. The van der Waals surface area contributed by atoms with Crippen molar-refractivity contribution < 1.29 is 54.9 Å². The van der Waals surface area contributed by atoms with E-state index in [-0.39, 0.29) is 115 Å². The zero-order chi connectivity index (χ0) is 96.3. The zero-order valence-electron chi connectivity index (χ0n) is 75.4. The van der Waals surface area contributed by atoms with Crippen LogP contribution in [0.25, 0.3) is 12.2 Å². The second-order valence-corrected chi connectivity index (χ2v) is 37.1. The van der Waals surface area contributed by atoms with Gasteiger partial charge in [0.1, 0.15) is 55.8 Å². The lowest BCUT2D eigenvalue weighted by Gasteiger charge is -2.49. The number of amides is 3. The topological polar surface area (TPSA) is 173 Å². The lowest BCUT2D eigenvalue weighted by molar-refractivity contribution is 0.0659. The summed E-state index contributed by atoms with van der Waals surface area (Å²) in [5.41, 5.74) is 16.3. The Kier molecular flexibility index (Phi) is 24.2. The third-order valence-electron chi connectivity index (χ3n) is 27.8. The number of rotatable bonds is 20. The number of ether oxygens (including phenoxy) is 3. The van der Waals surface area contributed by atoms with E-state index in [9.17, 15) is 46.3 Å². The van der Waals surface area contributed by atoms with Gasteiger partial charge >= 0.3 is 0 Å². The summed E-state index contributed by atoms with van der Waals surface area (Å²) in [5, 5.41) is 4.01. The Morgan fingerprint density at radius 2 is 0.729 bits per heavy atom. The second-order valence-electron chi connectivity index (χ2n) is 35.9. The number of pyridine rings is 3. The summed E-state index contributed by atoms with van der Waals surface area (Å²) in [6.07, 6.45) is 12.0. The SMILES string of the molecule is Fc1ccc2c(c1F)CC1(Cl)Cc3ccccc3C21Cl.O=C1c2c(OCc3ccccc3)c(=O)ccn2N(C23C(=Cc4c2ccc(F)c4F)Cc2ccccc23)CN1CCc1ccccc1.O=C1c2c(OCc3ccccc3)c(=O)ccn2N(C23C(=Cc4ccccc42)Cc2c3ccc(F)c2F)CN1CCc1ccccc1.O=C1c2c(OCc3ccccc3)c(=O)ccn2NCN1CCc1ccccc1. The lowest BCUT2D eigenvalue weighted by Crippen LogP contribution is -2.62. The van der Waals surface area contributed by atoms with E-state index in [0.717, 1.165) is 96.5 Å². The van der Waals surface area contributed by atoms with Crippen molar-refractivity contribution in [1.29, 1.82) is 0 Å². The van der Waals surface area contributed by atoms with Gasteiger partial charge in [0.2, 0.25) is 16.3 Å². The number of halogens is 8. The molecule has 3 aromatic heterocycles. The number of alkyl halides is 2. The molecule has 15 aromatic rings. The van der Waals surface area contributed by atoms with E-state index in [1.807, 2.05) is 271 Å². The Labute approximate surface area is 811 Å². The molecule has 0 fully saturated rings. The monoisotopic (exact) mass is 1910 g/mol. The first-order valence-corrected chi connectivity index (χ1v) is 46.9. The van der Waals surface area contributed by atoms with Crippen LogP contribution in [0.3, 0.4) is 0 Å². The third-order valence-corrected chi connectivity index (χ3v) is 29.3. The molecule has 6 heterocycles. The van der Waals surface area contributed by atoms with Gasteiger partial charge in [0.25, 0.3) is 17.7 Å². The minimum atomic E-state index is -1.06. The molecule has 0 bridgehead atoms. The summed E-state index contributed by atoms with van der Waals surface area (Å²) in [6.45, 7) is 2.33. The van der Waals surface area contributed by atoms with Gasteiger partial charge in [-0.15, -0.1) is 23.2 Å². The lowest BCUT2D eigenvalue weighted by atomic mass is 9.83. The average molecular weight is 1910 g/mol. The number of fused-ring (bicyclic) bond motifs is 18. The van der Waals surface area contributed by atoms with Crippen molar-refractivity contribution in [1.82, 2.24) is 28.7 Å². The number of hydrogen-bond acceptors (Lipinski definition) is 12. The minimum absolute atomic E-state index is 0.0533. The summed E-state index contributed by atoms with van der Waals surface area (Å²) in [4.78, 5) is 84.5. The van der Waals surface area contributed by atoms with Crippen LogP contribution < -0.4 is 45.9 Å². The Bertz CT molecular complexity index is 7500. The van der Waals surface area contributed by atoms with E-state index in [1.165, 1.54) is 24.3 Å². The quantitative estimate of drug-likeness (QED) is 0.0566. The molecule has 26 heteroatoms. The molecule has 0 saturated heterocycles. The van der Waals surface area contributed by atoms with Crippen molar-refractivity contribution >= 4 is 53.1 Å². The largest absolute Gasteiger partial charge is 0.482 e. The van der Waals surface area contributed by atoms with Crippen molar-refractivity contribution in [2.75, 3.05) is 55.1 Å². The van der Waals surface area contributed by atoms with Gasteiger partial charge in [-0.05, 0) is 163 Å². The molecule has 1 N–H and O–H groups in total. The molecule has 12 aromatic carbocycles. The summed E-state index contributed by atoms with van der Waals surface area (Å²) in [7, 11) is 0. The van der Waals surface area contributed by atoms with Crippen LogP contribution in [-0.4, -0.2) is 91.0 Å². The van der Waals surface area contributed by atoms with E-state index in [4.69, 9.17) is 37.4 Å². The van der Waals surface area contributed by atoms with Gasteiger partial charge in [0.15, 0.2) is 69.2 Å². The Morgan fingerprint density at radius 3 is 1.24 bits per heavy atom. The van der Waals surface area contributed by atoms with Gasteiger partial charge in [0, 0.05) is 74.0 Å². The fourth-order valence-corrected chi connectivity index (χ4v) is 22.2. The van der Waals surface area contributed by atoms with Crippen molar-refractivity contribution in [3.05, 3.63) is 522 Å². The van der Waals surface area contributed by atoms with Gasteiger partial charge in [-0.1, -0.05) is 279 Å². The number of nitrogens with zero attached hydrogens (tertiary/aromatic N) is 8. The van der Waals surface area contributed by atoms with E-state index >= 15 is 8.78 Å². The maximum absolute atomic E-state index is 15.5. The van der Waals surface area contributed by atoms with Crippen molar-refractivity contribution in [2.24, 2.45) is 0 Å². The molecule has 9 aliphatic rings. The summed E-state index contributed by atoms with van der Waals surface area (Å²) in [6, 6.07) is 94.3. The number of carbonyl (C=O) groups is 3. The van der Waals surface area contributed by atoms with Crippen LogP contribution in [-0.2, 0) is 80.7 Å².